The third-order valence-electron chi connectivity index (χ3n) is 1.68. The van der Waals surface area contributed by atoms with E-state index in [-0.39, 0.29) is 0 Å². The minimum absolute atomic E-state index is 0.326. The van der Waals surface area contributed by atoms with Crippen LogP contribution in [-0.4, -0.2) is 17.0 Å². The number of hydrogen-bond donors (Lipinski definition) is 0. The molecular formula is C13H27N. The van der Waals surface area contributed by atoms with Gasteiger partial charge in [0.1, 0.15) is 0 Å². The van der Waals surface area contributed by atoms with Crippen LogP contribution in [0.4, 0.5) is 0 Å². The van der Waals surface area contributed by atoms with Crippen LogP contribution in [0.1, 0.15) is 54.9 Å². The smallest absolute Gasteiger partial charge is 0.0312 e. The van der Waals surface area contributed by atoms with E-state index in [2.05, 4.69) is 65.6 Å². The van der Waals surface area contributed by atoms with Gasteiger partial charge < -0.3 is 4.90 Å². The molecule has 0 aromatic carbocycles. The van der Waals surface area contributed by atoms with Crippen LogP contribution in [0.25, 0.3) is 0 Å². The molecule has 0 bridgehead atoms. The molecule has 1 nitrogen and oxygen atoms in total. The zero-order valence-corrected chi connectivity index (χ0v) is 11.0. The normalized spacial score (nSPS) is 16.6. The van der Waals surface area contributed by atoms with Crippen LogP contribution in [0.3, 0.4) is 0 Å². The molecule has 1 aliphatic rings. The lowest BCUT2D eigenvalue weighted by Gasteiger charge is -2.31. The Kier molecular flexibility index (Phi) is 4.70. The fraction of sp³-hybridized carbons (Fsp3) is 0.846. The second-order valence-corrected chi connectivity index (χ2v) is 6.54. The molecule has 1 heterocycles. The summed E-state index contributed by atoms with van der Waals surface area (Å²) in [6.45, 7) is 16.7. The second kappa shape index (κ2) is 4.86. The maximum absolute atomic E-state index is 2.37. The van der Waals surface area contributed by atoms with Crippen LogP contribution in [0.15, 0.2) is 12.3 Å². The van der Waals surface area contributed by atoms with E-state index in [0.717, 1.165) is 0 Å². The first-order chi connectivity index (χ1) is 6.11. The summed E-state index contributed by atoms with van der Waals surface area (Å²) in [5.41, 5.74) is 0.826. The van der Waals surface area contributed by atoms with E-state index in [1.165, 1.54) is 13.0 Å². The summed E-state index contributed by atoms with van der Waals surface area (Å²) < 4.78 is 0. The number of rotatable bonds is 0. The fourth-order valence-corrected chi connectivity index (χ4v) is 1.05. The maximum Gasteiger partial charge on any atom is 0.0312 e. The first kappa shape index (κ1) is 13.5. The van der Waals surface area contributed by atoms with E-state index in [1.807, 2.05) is 0 Å². The third kappa shape index (κ3) is 8.15. The van der Waals surface area contributed by atoms with Crippen LogP contribution in [0, 0.1) is 5.41 Å². The van der Waals surface area contributed by atoms with E-state index in [1.54, 1.807) is 0 Å². The molecule has 1 rings (SSSR count). The summed E-state index contributed by atoms with van der Waals surface area (Å²) in [4.78, 5) is 2.37. The molecule has 0 saturated heterocycles. The zero-order valence-electron chi connectivity index (χ0n) is 11.0. The van der Waals surface area contributed by atoms with Crippen molar-refractivity contribution in [2.45, 2.75) is 60.4 Å². The molecule has 1 aliphatic heterocycles. The molecule has 0 spiro atoms. The van der Waals surface area contributed by atoms with Gasteiger partial charge in [0.05, 0.1) is 0 Å². The van der Waals surface area contributed by atoms with E-state index in [0.29, 0.717) is 11.0 Å². The quantitative estimate of drug-likeness (QED) is 0.566. The van der Waals surface area contributed by atoms with Gasteiger partial charge in [-0.3, -0.25) is 0 Å². The van der Waals surface area contributed by atoms with Crippen molar-refractivity contribution in [3.63, 3.8) is 0 Å². The molecule has 0 atom stereocenters. The van der Waals surface area contributed by atoms with Crippen molar-refractivity contribution in [1.82, 2.24) is 4.90 Å². The predicted molar refractivity (Wildman–Crippen MR) is 65.3 cm³/mol. The van der Waals surface area contributed by atoms with Crippen molar-refractivity contribution >= 4 is 0 Å². The predicted octanol–water partition coefficient (Wildman–Crippen LogP) is 4.06. The SMILES string of the molecule is CC(C)(C)C.CC(C)(C)N1C=CCC1. The lowest BCUT2D eigenvalue weighted by molar-refractivity contribution is 0.222. The Labute approximate surface area is 90.2 Å². The van der Waals surface area contributed by atoms with Crippen molar-refractivity contribution in [2.75, 3.05) is 6.54 Å². The Morgan fingerprint density at radius 1 is 0.929 bits per heavy atom. The summed E-state index contributed by atoms with van der Waals surface area (Å²) >= 11 is 0. The van der Waals surface area contributed by atoms with E-state index >= 15 is 0 Å². The lowest BCUT2D eigenvalue weighted by Crippen LogP contribution is -2.35. The topological polar surface area (TPSA) is 3.24 Å². The molecule has 0 fully saturated rings. The Morgan fingerprint density at radius 3 is 1.50 bits per heavy atom. The molecule has 0 radical (unpaired) electrons. The standard InChI is InChI=1S/C8H15N.C5H12/c1-8(2,3)9-6-4-5-7-9;1-5(2,3)4/h4,6H,5,7H2,1-3H3;1-4H3. The number of nitrogens with zero attached hydrogens (tertiary/aromatic N) is 1. The highest BCUT2D eigenvalue weighted by Gasteiger charge is 2.18. The van der Waals surface area contributed by atoms with E-state index in [4.69, 9.17) is 0 Å². The molecule has 14 heavy (non-hydrogen) atoms. The Hall–Kier alpha value is -0.460. The van der Waals surface area contributed by atoms with Crippen molar-refractivity contribution in [2.24, 2.45) is 5.41 Å². The van der Waals surface area contributed by atoms with Gasteiger partial charge in [-0.15, -0.1) is 0 Å². The summed E-state index contributed by atoms with van der Waals surface area (Å²) in [5.74, 6) is 0. The lowest BCUT2D eigenvalue weighted by atomic mass is 10.0. The van der Waals surface area contributed by atoms with Gasteiger partial charge in [0.25, 0.3) is 0 Å². The highest BCUT2D eigenvalue weighted by Crippen LogP contribution is 2.17. The molecule has 0 saturated carbocycles. The molecule has 84 valence electrons. The van der Waals surface area contributed by atoms with Crippen LogP contribution in [-0.2, 0) is 0 Å². The molecule has 0 amide bonds. The average Bonchev–Trinajstić information content (AvgIpc) is 2.28. The van der Waals surface area contributed by atoms with Crippen LogP contribution < -0.4 is 0 Å². The fourth-order valence-electron chi connectivity index (χ4n) is 1.05. The van der Waals surface area contributed by atoms with Gasteiger partial charge >= 0.3 is 0 Å². The van der Waals surface area contributed by atoms with Gasteiger partial charge in [0, 0.05) is 12.1 Å². The van der Waals surface area contributed by atoms with Gasteiger partial charge in [-0.25, -0.2) is 0 Å². The molecule has 0 unspecified atom stereocenters. The third-order valence-corrected chi connectivity index (χ3v) is 1.68. The Balaban J connectivity index is 0.000000292. The molecular weight excluding hydrogens is 170 g/mol. The van der Waals surface area contributed by atoms with Gasteiger partial charge in [0.15, 0.2) is 0 Å². The maximum atomic E-state index is 2.37. The summed E-state index contributed by atoms with van der Waals surface area (Å²) in [6, 6.07) is 0. The van der Waals surface area contributed by atoms with Crippen molar-refractivity contribution in [3.05, 3.63) is 12.3 Å². The molecule has 0 aliphatic carbocycles. The molecule has 0 N–H and O–H groups in total. The number of hydrogen-bond acceptors (Lipinski definition) is 1. The first-order valence-electron chi connectivity index (χ1n) is 5.54. The van der Waals surface area contributed by atoms with Crippen LogP contribution >= 0.6 is 0 Å². The first-order valence-corrected chi connectivity index (χ1v) is 5.54. The molecule has 1 heteroatoms. The summed E-state index contributed by atoms with van der Waals surface area (Å²) in [6.07, 6.45) is 5.64. The minimum Gasteiger partial charge on any atom is -0.373 e. The zero-order chi connectivity index (χ0) is 11.4. The van der Waals surface area contributed by atoms with Gasteiger partial charge in [-0.2, -0.15) is 0 Å². The Bertz CT molecular complexity index is 172. The van der Waals surface area contributed by atoms with Crippen molar-refractivity contribution < 1.29 is 0 Å². The monoisotopic (exact) mass is 197 g/mol. The minimum atomic E-state index is 0.326. The van der Waals surface area contributed by atoms with Gasteiger partial charge in [-0.1, -0.05) is 33.8 Å². The van der Waals surface area contributed by atoms with E-state index < -0.39 is 0 Å². The van der Waals surface area contributed by atoms with Crippen LogP contribution in [0.2, 0.25) is 0 Å². The van der Waals surface area contributed by atoms with Crippen LogP contribution in [0.5, 0.6) is 0 Å². The largest absolute Gasteiger partial charge is 0.373 e. The molecule has 0 aromatic heterocycles. The van der Waals surface area contributed by atoms with Crippen molar-refractivity contribution in [3.8, 4) is 0 Å². The highest BCUT2D eigenvalue weighted by atomic mass is 15.2. The second-order valence-electron chi connectivity index (χ2n) is 6.54. The average molecular weight is 197 g/mol. The highest BCUT2D eigenvalue weighted by molar-refractivity contribution is 4.96. The van der Waals surface area contributed by atoms with Crippen molar-refractivity contribution in [1.29, 1.82) is 0 Å². The summed E-state index contributed by atoms with van der Waals surface area (Å²) in [7, 11) is 0. The van der Waals surface area contributed by atoms with Gasteiger partial charge in [-0.05, 0) is 38.8 Å². The van der Waals surface area contributed by atoms with Gasteiger partial charge in [0.2, 0.25) is 0 Å². The summed E-state index contributed by atoms with van der Waals surface area (Å²) in [5, 5.41) is 0. The Morgan fingerprint density at radius 2 is 1.36 bits per heavy atom. The molecule has 0 aromatic rings. The van der Waals surface area contributed by atoms with E-state index in [9.17, 15) is 0 Å².